The van der Waals surface area contributed by atoms with E-state index in [1.807, 2.05) is 0 Å². The predicted octanol–water partition coefficient (Wildman–Crippen LogP) is -0.998. The molecule has 0 radical (unpaired) electrons. The molecule has 1 aromatic heterocycles. The van der Waals surface area contributed by atoms with Gasteiger partial charge in [0.05, 0.1) is 6.20 Å². The third-order valence-corrected chi connectivity index (χ3v) is 1.38. The molecule has 0 aliphatic carbocycles. The van der Waals surface area contributed by atoms with Gasteiger partial charge in [-0.2, -0.15) is 18.7 Å². The van der Waals surface area contributed by atoms with Gasteiger partial charge in [0, 0.05) is 13.1 Å². The van der Waals surface area contributed by atoms with Gasteiger partial charge in [-0.25, -0.2) is 4.68 Å². The molecule has 1 heterocycles. The Morgan fingerprint density at radius 2 is 2.36 bits per heavy atom. The third-order valence-electron chi connectivity index (χ3n) is 0.977. The van der Waals surface area contributed by atoms with Gasteiger partial charge >= 0.3 is 10.3 Å². The Hall–Kier alpha value is -1.08. The van der Waals surface area contributed by atoms with Crippen LogP contribution in [-0.2, 0) is 17.4 Å². The summed E-state index contributed by atoms with van der Waals surface area (Å²) in [7, 11) is -2.39. The molecule has 0 bridgehead atoms. The predicted molar refractivity (Wildman–Crippen MR) is 36.9 cm³/mol. The Morgan fingerprint density at radius 1 is 1.73 bits per heavy atom. The lowest BCUT2D eigenvalue weighted by molar-refractivity contribution is 0.457. The van der Waals surface area contributed by atoms with Crippen LogP contribution >= 0.6 is 0 Å². The Bertz CT molecular complexity index is 341. The van der Waals surface area contributed by atoms with Gasteiger partial charge in [0.25, 0.3) is 0 Å². The van der Waals surface area contributed by atoms with Gasteiger partial charge in [-0.3, -0.25) is 0 Å². The Labute approximate surface area is 63.8 Å². The molecule has 0 aliphatic heterocycles. The number of nitrogens with two attached hydrogens (primary N) is 1. The Morgan fingerprint density at radius 3 is 2.73 bits per heavy atom. The van der Waals surface area contributed by atoms with Gasteiger partial charge in [0.15, 0.2) is 0 Å². The van der Waals surface area contributed by atoms with Crippen molar-refractivity contribution in [1.29, 1.82) is 0 Å². The molecular formula is C4H7N3O3S. The zero-order valence-electron chi connectivity index (χ0n) is 5.76. The summed E-state index contributed by atoms with van der Waals surface area (Å²) < 4.78 is 26.3. The smallest absolute Gasteiger partial charge is 0.351 e. The second-order valence-corrected chi connectivity index (χ2v) is 3.02. The van der Waals surface area contributed by atoms with Crippen LogP contribution < -0.4 is 9.32 Å². The van der Waals surface area contributed by atoms with Crippen molar-refractivity contribution in [2.75, 3.05) is 0 Å². The maximum absolute atomic E-state index is 10.4. The number of nitrogens with zero attached hydrogens (tertiary/aromatic N) is 2. The summed E-state index contributed by atoms with van der Waals surface area (Å²) in [6.07, 6.45) is 1.40. The molecule has 0 aliphatic rings. The van der Waals surface area contributed by atoms with Crippen LogP contribution in [0.25, 0.3) is 0 Å². The van der Waals surface area contributed by atoms with Gasteiger partial charge in [-0.1, -0.05) is 0 Å². The van der Waals surface area contributed by atoms with E-state index in [1.54, 1.807) is 7.05 Å². The van der Waals surface area contributed by atoms with Crippen molar-refractivity contribution in [2.24, 2.45) is 12.2 Å². The molecule has 1 rings (SSSR count). The van der Waals surface area contributed by atoms with E-state index >= 15 is 0 Å². The van der Waals surface area contributed by atoms with Crippen LogP contribution in [0.1, 0.15) is 0 Å². The summed E-state index contributed by atoms with van der Waals surface area (Å²) in [5.41, 5.74) is 0. The number of hydrogen-bond acceptors (Lipinski definition) is 4. The quantitative estimate of drug-likeness (QED) is 0.627. The minimum Gasteiger partial charge on any atom is -0.351 e. The Balaban J connectivity index is 2.89. The van der Waals surface area contributed by atoms with Crippen molar-refractivity contribution >= 4 is 10.3 Å². The van der Waals surface area contributed by atoms with E-state index in [0.29, 0.717) is 0 Å². The molecule has 2 N–H and O–H groups in total. The van der Waals surface area contributed by atoms with E-state index in [2.05, 4.69) is 14.4 Å². The molecule has 6 nitrogen and oxygen atoms in total. The maximum Gasteiger partial charge on any atom is 0.381 e. The molecular weight excluding hydrogens is 170 g/mol. The summed E-state index contributed by atoms with van der Waals surface area (Å²) in [6, 6.07) is 1.39. The molecule has 0 atom stereocenters. The van der Waals surface area contributed by atoms with E-state index in [1.165, 1.54) is 16.9 Å². The average Bonchev–Trinajstić information content (AvgIpc) is 2.12. The maximum atomic E-state index is 10.4. The van der Waals surface area contributed by atoms with Crippen molar-refractivity contribution < 1.29 is 12.6 Å². The highest BCUT2D eigenvalue weighted by molar-refractivity contribution is 7.84. The number of rotatable bonds is 2. The third kappa shape index (κ3) is 2.20. The standard InChI is InChI=1S/C4H7N3O3S/c1-7-4(2-3-6-7)10-11(5,8)9/h2-3H,1H3,(H2,5,8,9). The fourth-order valence-corrected chi connectivity index (χ4v) is 0.964. The second-order valence-electron chi connectivity index (χ2n) is 1.87. The lowest BCUT2D eigenvalue weighted by atomic mass is 10.7. The molecule has 11 heavy (non-hydrogen) atoms. The van der Waals surface area contributed by atoms with E-state index in [0.717, 1.165) is 0 Å². The Kier molecular flexibility index (Phi) is 1.83. The average molecular weight is 177 g/mol. The summed E-state index contributed by atoms with van der Waals surface area (Å²) in [6.45, 7) is 0. The van der Waals surface area contributed by atoms with Crippen LogP contribution in [-0.4, -0.2) is 18.2 Å². The largest absolute Gasteiger partial charge is 0.381 e. The van der Waals surface area contributed by atoms with Gasteiger partial charge < -0.3 is 4.18 Å². The van der Waals surface area contributed by atoms with Crippen LogP contribution in [0.4, 0.5) is 0 Å². The van der Waals surface area contributed by atoms with Crippen molar-refractivity contribution in [3.8, 4) is 5.88 Å². The zero-order chi connectivity index (χ0) is 8.48. The highest BCUT2D eigenvalue weighted by atomic mass is 32.2. The van der Waals surface area contributed by atoms with Gasteiger partial charge in [0.2, 0.25) is 5.88 Å². The van der Waals surface area contributed by atoms with Crippen molar-refractivity contribution in [3.63, 3.8) is 0 Å². The number of aryl methyl sites for hydroxylation is 1. The van der Waals surface area contributed by atoms with Gasteiger partial charge in [0.1, 0.15) is 0 Å². The van der Waals surface area contributed by atoms with Crippen LogP contribution in [0.2, 0.25) is 0 Å². The second kappa shape index (κ2) is 2.51. The van der Waals surface area contributed by atoms with E-state index < -0.39 is 10.3 Å². The van der Waals surface area contributed by atoms with Gasteiger partial charge in [-0.05, 0) is 0 Å². The van der Waals surface area contributed by atoms with E-state index in [9.17, 15) is 8.42 Å². The van der Waals surface area contributed by atoms with Crippen LogP contribution in [0.15, 0.2) is 12.3 Å². The summed E-state index contributed by atoms with van der Waals surface area (Å²) >= 11 is 0. The molecule has 0 aromatic carbocycles. The van der Waals surface area contributed by atoms with Gasteiger partial charge in [-0.15, -0.1) is 0 Å². The first kappa shape index (κ1) is 8.02. The minimum atomic E-state index is -3.93. The normalized spacial score (nSPS) is 11.5. The minimum absolute atomic E-state index is 0.0903. The highest BCUT2D eigenvalue weighted by Gasteiger charge is 2.07. The molecule has 0 unspecified atom stereocenters. The lowest BCUT2D eigenvalue weighted by Crippen LogP contribution is -2.20. The fourth-order valence-electron chi connectivity index (χ4n) is 0.563. The fraction of sp³-hybridized carbons (Fsp3) is 0.250. The van der Waals surface area contributed by atoms with Crippen LogP contribution in [0.3, 0.4) is 0 Å². The molecule has 0 saturated carbocycles. The lowest BCUT2D eigenvalue weighted by Gasteiger charge is -2.00. The van der Waals surface area contributed by atoms with Crippen LogP contribution in [0.5, 0.6) is 5.88 Å². The van der Waals surface area contributed by atoms with Crippen LogP contribution in [0, 0.1) is 0 Å². The van der Waals surface area contributed by atoms with E-state index in [-0.39, 0.29) is 5.88 Å². The monoisotopic (exact) mass is 177 g/mol. The van der Waals surface area contributed by atoms with Crippen molar-refractivity contribution in [2.45, 2.75) is 0 Å². The SMILES string of the molecule is Cn1nccc1OS(N)(=O)=O. The molecule has 0 saturated heterocycles. The number of aromatic nitrogens is 2. The topological polar surface area (TPSA) is 87.2 Å². The first-order chi connectivity index (χ1) is 4.99. The molecule has 0 spiro atoms. The first-order valence-electron chi connectivity index (χ1n) is 2.69. The number of hydrogen-bond donors (Lipinski definition) is 1. The van der Waals surface area contributed by atoms with Crippen molar-refractivity contribution in [3.05, 3.63) is 12.3 Å². The summed E-state index contributed by atoms with van der Waals surface area (Å²) in [5, 5.41) is 8.28. The van der Waals surface area contributed by atoms with Crippen molar-refractivity contribution in [1.82, 2.24) is 9.78 Å². The molecule has 7 heteroatoms. The molecule has 1 aromatic rings. The zero-order valence-corrected chi connectivity index (χ0v) is 6.58. The summed E-state index contributed by atoms with van der Waals surface area (Å²) in [4.78, 5) is 0. The highest BCUT2D eigenvalue weighted by Crippen LogP contribution is 2.07. The molecule has 62 valence electrons. The first-order valence-corrected chi connectivity index (χ1v) is 4.16. The van der Waals surface area contributed by atoms with E-state index in [4.69, 9.17) is 0 Å². The molecule has 0 fully saturated rings. The molecule has 0 amide bonds. The summed E-state index contributed by atoms with van der Waals surface area (Å²) in [5.74, 6) is 0.0903.